The minimum atomic E-state index is -1.48. The fourth-order valence-corrected chi connectivity index (χ4v) is 4.58. The molecule has 47 heavy (non-hydrogen) atoms. The van der Waals surface area contributed by atoms with E-state index in [4.69, 9.17) is 4.52 Å². The summed E-state index contributed by atoms with van der Waals surface area (Å²) in [4.78, 5) is 53.9. The number of anilines is 1. The Morgan fingerprint density at radius 3 is 2.38 bits per heavy atom. The van der Waals surface area contributed by atoms with Crippen LogP contribution >= 0.6 is 0 Å². The fraction of sp³-hybridized carbons (Fsp3) is 0.353. The molecule has 248 valence electrons. The zero-order chi connectivity index (χ0) is 34.8. The molecule has 0 bridgehead atoms. The molecule has 0 aliphatic carbocycles. The summed E-state index contributed by atoms with van der Waals surface area (Å²) in [6.07, 6.45) is 0.115. The van der Waals surface area contributed by atoms with Gasteiger partial charge in [0.1, 0.15) is 35.3 Å². The lowest BCUT2D eigenvalue weighted by molar-refractivity contribution is -0.131. The Balaban J connectivity index is 1.88. The molecule has 3 unspecified atom stereocenters. The first kappa shape index (κ1) is 36.1. The summed E-state index contributed by atoms with van der Waals surface area (Å²) in [5.74, 6) is -2.99. The van der Waals surface area contributed by atoms with Crippen molar-refractivity contribution in [1.82, 2.24) is 21.1 Å². The van der Waals surface area contributed by atoms with Crippen molar-refractivity contribution in [1.29, 1.82) is 5.26 Å². The van der Waals surface area contributed by atoms with Gasteiger partial charge in [0.2, 0.25) is 11.8 Å². The maximum Gasteiger partial charge on any atom is 0.274 e. The Bertz CT molecular complexity index is 1690. The number of aliphatic hydroxyl groups is 1. The third kappa shape index (κ3) is 10.1. The number of aromatic nitrogens is 1. The molecule has 3 rings (SSSR count). The van der Waals surface area contributed by atoms with Crippen LogP contribution < -0.4 is 20.9 Å². The molecule has 13 heteroatoms. The van der Waals surface area contributed by atoms with E-state index in [1.807, 2.05) is 19.9 Å². The number of halogens is 1. The number of aliphatic hydroxyl groups excluding tert-OH is 1. The van der Waals surface area contributed by atoms with Gasteiger partial charge in [-0.2, -0.15) is 5.26 Å². The van der Waals surface area contributed by atoms with Crippen LogP contribution in [0.25, 0.3) is 0 Å². The second-order valence-electron chi connectivity index (χ2n) is 11.6. The van der Waals surface area contributed by atoms with E-state index in [-0.39, 0.29) is 35.7 Å². The molecule has 4 N–H and O–H groups in total. The Morgan fingerprint density at radius 2 is 1.79 bits per heavy atom. The van der Waals surface area contributed by atoms with E-state index in [0.717, 1.165) is 0 Å². The van der Waals surface area contributed by atoms with E-state index in [9.17, 15) is 33.9 Å². The summed E-state index contributed by atoms with van der Waals surface area (Å²) in [5, 5.41) is 31.1. The van der Waals surface area contributed by atoms with Crippen molar-refractivity contribution < 1.29 is 33.2 Å². The summed E-state index contributed by atoms with van der Waals surface area (Å²) in [7, 11) is 1.52. The van der Waals surface area contributed by atoms with Gasteiger partial charge in [-0.05, 0) is 56.0 Å². The molecule has 1 heterocycles. The highest BCUT2D eigenvalue weighted by molar-refractivity contribution is 6.08. The van der Waals surface area contributed by atoms with E-state index in [1.165, 1.54) is 31.0 Å². The number of aryl methyl sites for hydroxylation is 2. The van der Waals surface area contributed by atoms with Gasteiger partial charge in [0.05, 0.1) is 6.10 Å². The summed E-state index contributed by atoms with van der Waals surface area (Å²) in [5.41, 5.74) is 1.78. The van der Waals surface area contributed by atoms with Gasteiger partial charge >= 0.3 is 0 Å². The van der Waals surface area contributed by atoms with E-state index in [1.54, 1.807) is 56.3 Å². The molecule has 12 nitrogen and oxygen atoms in total. The Labute approximate surface area is 272 Å². The molecule has 0 fully saturated rings. The Kier molecular flexibility index (Phi) is 12.5. The van der Waals surface area contributed by atoms with Gasteiger partial charge in [-0.3, -0.25) is 19.2 Å². The van der Waals surface area contributed by atoms with Crippen molar-refractivity contribution in [3.05, 3.63) is 94.1 Å². The molecule has 0 radical (unpaired) electrons. The molecule has 0 saturated heterocycles. The summed E-state index contributed by atoms with van der Waals surface area (Å²) in [6.45, 7) is 8.14. The molecule has 2 aromatic carbocycles. The number of nitrogens with one attached hydrogen (secondary N) is 3. The van der Waals surface area contributed by atoms with Crippen LogP contribution in [0.2, 0.25) is 0 Å². The smallest absolute Gasteiger partial charge is 0.274 e. The summed E-state index contributed by atoms with van der Waals surface area (Å²) >= 11 is 0. The number of carbonyl (C=O) groups is 4. The van der Waals surface area contributed by atoms with Crippen LogP contribution in [-0.2, 0) is 27.3 Å². The zero-order valence-corrected chi connectivity index (χ0v) is 27.1. The van der Waals surface area contributed by atoms with E-state index < -0.39 is 47.6 Å². The van der Waals surface area contributed by atoms with Crippen LogP contribution in [0, 0.1) is 36.9 Å². The van der Waals surface area contributed by atoms with Crippen LogP contribution in [0.5, 0.6) is 0 Å². The third-order valence-corrected chi connectivity index (χ3v) is 7.10. The second-order valence-corrected chi connectivity index (χ2v) is 11.6. The molecular formula is C34H39FN6O6. The summed E-state index contributed by atoms with van der Waals surface area (Å²) < 4.78 is 19.4. The van der Waals surface area contributed by atoms with Gasteiger partial charge in [-0.1, -0.05) is 49.3 Å². The van der Waals surface area contributed by atoms with E-state index in [0.29, 0.717) is 22.6 Å². The molecular weight excluding hydrogens is 607 g/mol. The van der Waals surface area contributed by atoms with E-state index >= 15 is 0 Å². The minimum absolute atomic E-state index is 0.0206. The second kappa shape index (κ2) is 16.3. The first-order valence-electron chi connectivity index (χ1n) is 14.9. The van der Waals surface area contributed by atoms with Gasteiger partial charge in [0.25, 0.3) is 11.8 Å². The average molecular weight is 647 g/mol. The third-order valence-electron chi connectivity index (χ3n) is 7.10. The standard InChI is InChI=1S/C34H39FN6O6/c1-19(2)12-25(17-36)34(46)41(6)26-9-7-8-23(15-26)16-28(31(43)37-18-24-11-10-20(3)13-27(24)35)38-33(45)30(22(5)42)39-32(44)29-14-21(4)47-40-29/h7-15,19,22,28,30,42H,16,18H2,1-6H3,(H,37,43)(H,38,45)(H,39,44). The maximum absolute atomic E-state index is 14.5. The van der Waals surface area contributed by atoms with Crippen LogP contribution in [-0.4, -0.2) is 59.1 Å². The van der Waals surface area contributed by atoms with Crippen LogP contribution in [0.15, 0.2) is 64.7 Å². The Hall–Kier alpha value is -5.35. The SMILES string of the molecule is Cc1ccc(CNC(=O)C(Cc2cccc(N(C)C(=O)C(C#N)=CC(C)C)c2)NC(=O)C(NC(=O)c2cc(C)on2)C(C)O)c(F)c1. The number of nitrogens with zero attached hydrogens (tertiary/aromatic N) is 3. The average Bonchev–Trinajstić information content (AvgIpc) is 3.46. The number of allylic oxidation sites excluding steroid dienone is 1. The highest BCUT2D eigenvalue weighted by Crippen LogP contribution is 2.19. The van der Waals surface area contributed by atoms with Crippen molar-refractivity contribution in [2.45, 2.75) is 65.8 Å². The number of hydrogen-bond donors (Lipinski definition) is 4. The summed E-state index contributed by atoms with van der Waals surface area (Å²) in [6, 6.07) is 11.8. The minimum Gasteiger partial charge on any atom is -0.391 e. The number of hydrogen-bond acceptors (Lipinski definition) is 8. The zero-order valence-electron chi connectivity index (χ0n) is 27.1. The van der Waals surface area contributed by atoms with Crippen molar-refractivity contribution in [2.75, 3.05) is 11.9 Å². The molecule has 0 aliphatic heterocycles. The van der Waals surface area contributed by atoms with Crippen LogP contribution in [0.3, 0.4) is 0 Å². The number of amides is 4. The topological polar surface area (TPSA) is 178 Å². The predicted molar refractivity (Wildman–Crippen MR) is 171 cm³/mol. The lowest BCUT2D eigenvalue weighted by atomic mass is 10.0. The fourth-order valence-electron chi connectivity index (χ4n) is 4.58. The Morgan fingerprint density at radius 1 is 1.06 bits per heavy atom. The highest BCUT2D eigenvalue weighted by Gasteiger charge is 2.31. The van der Waals surface area contributed by atoms with Crippen molar-refractivity contribution in [3.8, 4) is 6.07 Å². The predicted octanol–water partition coefficient (Wildman–Crippen LogP) is 3.02. The van der Waals surface area contributed by atoms with Crippen molar-refractivity contribution in [3.63, 3.8) is 0 Å². The first-order chi connectivity index (χ1) is 22.2. The normalized spacial score (nSPS) is 13.2. The lowest BCUT2D eigenvalue weighted by Crippen LogP contribution is -2.57. The number of likely N-dealkylation sites (N-methyl/N-ethyl adjacent to an activating group) is 1. The molecule has 3 atom stereocenters. The van der Waals surface area contributed by atoms with Gasteiger partial charge in [-0.25, -0.2) is 4.39 Å². The quantitative estimate of drug-likeness (QED) is 0.162. The van der Waals surface area contributed by atoms with E-state index in [2.05, 4.69) is 21.1 Å². The van der Waals surface area contributed by atoms with Crippen molar-refractivity contribution in [2.24, 2.45) is 5.92 Å². The van der Waals surface area contributed by atoms with Crippen LogP contribution in [0.4, 0.5) is 10.1 Å². The van der Waals surface area contributed by atoms with Gasteiger partial charge in [-0.15, -0.1) is 0 Å². The van der Waals surface area contributed by atoms with Gasteiger partial charge in [0.15, 0.2) is 5.69 Å². The maximum atomic E-state index is 14.5. The molecule has 4 amide bonds. The molecule has 0 aliphatic rings. The molecule has 0 saturated carbocycles. The number of nitriles is 1. The van der Waals surface area contributed by atoms with Gasteiger partial charge < -0.3 is 30.5 Å². The van der Waals surface area contributed by atoms with Crippen LogP contribution in [0.1, 0.15) is 53.7 Å². The largest absolute Gasteiger partial charge is 0.391 e. The molecule has 3 aromatic rings. The monoisotopic (exact) mass is 646 g/mol. The lowest BCUT2D eigenvalue weighted by Gasteiger charge is -2.25. The number of carbonyl (C=O) groups excluding carboxylic acids is 4. The number of benzene rings is 2. The highest BCUT2D eigenvalue weighted by atomic mass is 19.1. The molecule has 1 aromatic heterocycles. The number of rotatable bonds is 13. The van der Waals surface area contributed by atoms with Gasteiger partial charge in [0, 0.05) is 37.3 Å². The molecule has 0 spiro atoms. The van der Waals surface area contributed by atoms with Crippen molar-refractivity contribution >= 4 is 29.3 Å². The first-order valence-corrected chi connectivity index (χ1v) is 14.9.